The van der Waals surface area contributed by atoms with E-state index in [0.717, 1.165) is 19.4 Å². The van der Waals surface area contributed by atoms with Crippen LogP contribution in [0.2, 0.25) is 0 Å². The summed E-state index contributed by atoms with van der Waals surface area (Å²) in [7, 11) is 0. The predicted molar refractivity (Wildman–Crippen MR) is 62.0 cm³/mol. The van der Waals surface area contributed by atoms with Gasteiger partial charge in [-0.25, -0.2) is 0 Å². The van der Waals surface area contributed by atoms with Gasteiger partial charge in [0.2, 0.25) is 0 Å². The molecule has 3 heteroatoms. The minimum atomic E-state index is -0.227. The first kappa shape index (κ1) is 12.9. The standard InChI is InChI=1S/C12H25NO2/c1-6-13-12(7-8-14)9-10(2,3)15-11(12,4)5/h13-14H,6-9H2,1-5H3. The van der Waals surface area contributed by atoms with Crippen molar-refractivity contribution in [2.45, 2.75) is 64.2 Å². The number of hydrogen-bond acceptors (Lipinski definition) is 3. The highest BCUT2D eigenvalue weighted by Gasteiger charge is 2.56. The van der Waals surface area contributed by atoms with E-state index < -0.39 is 0 Å². The second-order valence-electron chi connectivity index (χ2n) is 5.63. The van der Waals surface area contributed by atoms with Gasteiger partial charge in [-0.1, -0.05) is 6.92 Å². The average Bonchev–Trinajstić information content (AvgIpc) is 2.17. The van der Waals surface area contributed by atoms with Gasteiger partial charge in [-0.05, 0) is 47.1 Å². The normalized spacial score (nSPS) is 33.2. The summed E-state index contributed by atoms with van der Waals surface area (Å²) in [6.07, 6.45) is 1.69. The second kappa shape index (κ2) is 4.04. The number of aliphatic hydroxyl groups excluding tert-OH is 1. The van der Waals surface area contributed by atoms with E-state index in [1.165, 1.54) is 0 Å². The maximum absolute atomic E-state index is 9.23. The molecule has 3 nitrogen and oxygen atoms in total. The summed E-state index contributed by atoms with van der Waals surface area (Å²) in [5.41, 5.74) is -0.434. The molecule has 0 aromatic carbocycles. The predicted octanol–water partition coefficient (Wildman–Crippen LogP) is 1.69. The van der Waals surface area contributed by atoms with Crippen molar-refractivity contribution in [3.05, 3.63) is 0 Å². The maximum Gasteiger partial charge on any atom is 0.0816 e. The van der Waals surface area contributed by atoms with Crippen LogP contribution in [0.1, 0.15) is 47.5 Å². The van der Waals surface area contributed by atoms with Crippen molar-refractivity contribution in [2.24, 2.45) is 0 Å². The molecule has 0 aromatic heterocycles. The van der Waals surface area contributed by atoms with Crippen LogP contribution < -0.4 is 5.32 Å². The summed E-state index contributed by atoms with van der Waals surface area (Å²) in [4.78, 5) is 0. The summed E-state index contributed by atoms with van der Waals surface area (Å²) >= 11 is 0. The van der Waals surface area contributed by atoms with Gasteiger partial charge in [-0.15, -0.1) is 0 Å². The van der Waals surface area contributed by atoms with Crippen molar-refractivity contribution in [3.8, 4) is 0 Å². The van der Waals surface area contributed by atoms with Gasteiger partial charge < -0.3 is 15.2 Å². The van der Waals surface area contributed by atoms with Gasteiger partial charge in [0, 0.05) is 6.61 Å². The lowest BCUT2D eigenvalue weighted by Crippen LogP contribution is -2.57. The molecule has 0 aromatic rings. The molecule has 0 aliphatic carbocycles. The lowest BCUT2D eigenvalue weighted by Gasteiger charge is -2.40. The van der Waals surface area contributed by atoms with Crippen LogP contribution in [0, 0.1) is 0 Å². The van der Waals surface area contributed by atoms with Gasteiger partial charge in [0.15, 0.2) is 0 Å². The second-order valence-corrected chi connectivity index (χ2v) is 5.63. The summed E-state index contributed by atoms with van der Waals surface area (Å²) < 4.78 is 6.08. The first-order valence-corrected chi connectivity index (χ1v) is 5.85. The molecule has 1 saturated heterocycles. The molecule has 0 radical (unpaired) electrons. The van der Waals surface area contributed by atoms with Crippen LogP contribution in [0.4, 0.5) is 0 Å². The lowest BCUT2D eigenvalue weighted by molar-refractivity contribution is -0.0855. The van der Waals surface area contributed by atoms with Crippen molar-refractivity contribution in [2.75, 3.05) is 13.2 Å². The molecule has 0 spiro atoms. The number of nitrogens with one attached hydrogen (secondary N) is 1. The Morgan fingerprint density at radius 2 is 1.87 bits per heavy atom. The molecular formula is C12H25NO2. The molecule has 1 unspecified atom stereocenters. The van der Waals surface area contributed by atoms with Crippen molar-refractivity contribution in [3.63, 3.8) is 0 Å². The fourth-order valence-corrected chi connectivity index (χ4v) is 3.05. The van der Waals surface area contributed by atoms with Crippen LogP contribution in [-0.2, 0) is 4.74 Å². The first-order chi connectivity index (χ1) is 6.79. The summed E-state index contributed by atoms with van der Waals surface area (Å²) in [5, 5.41) is 12.7. The third-order valence-electron chi connectivity index (χ3n) is 3.47. The van der Waals surface area contributed by atoms with Gasteiger partial charge in [0.1, 0.15) is 0 Å². The molecular weight excluding hydrogens is 190 g/mol. The van der Waals surface area contributed by atoms with E-state index >= 15 is 0 Å². The van der Waals surface area contributed by atoms with Crippen LogP contribution in [0.25, 0.3) is 0 Å². The quantitative estimate of drug-likeness (QED) is 0.750. The van der Waals surface area contributed by atoms with Crippen LogP contribution in [0.5, 0.6) is 0 Å². The number of hydrogen-bond donors (Lipinski definition) is 2. The molecule has 1 aliphatic heterocycles. The Hall–Kier alpha value is -0.120. The average molecular weight is 215 g/mol. The number of ether oxygens (including phenoxy) is 1. The summed E-state index contributed by atoms with van der Waals surface area (Å²) in [5.74, 6) is 0. The van der Waals surface area contributed by atoms with E-state index in [0.29, 0.717) is 0 Å². The van der Waals surface area contributed by atoms with E-state index in [9.17, 15) is 5.11 Å². The zero-order valence-electron chi connectivity index (χ0n) is 10.7. The van der Waals surface area contributed by atoms with E-state index in [2.05, 4.69) is 39.9 Å². The van der Waals surface area contributed by atoms with Gasteiger partial charge in [-0.2, -0.15) is 0 Å². The van der Waals surface area contributed by atoms with Crippen LogP contribution in [-0.4, -0.2) is 35.0 Å². The first-order valence-electron chi connectivity index (χ1n) is 5.85. The minimum absolute atomic E-state index is 0.0972. The zero-order valence-corrected chi connectivity index (χ0v) is 10.7. The summed E-state index contributed by atoms with van der Waals surface area (Å²) in [6, 6.07) is 0. The molecule has 1 fully saturated rings. The third kappa shape index (κ3) is 2.35. The number of likely N-dealkylation sites (N-methyl/N-ethyl adjacent to an activating group) is 1. The van der Waals surface area contributed by atoms with Gasteiger partial charge in [0.05, 0.1) is 16.7 Å². The Bertz CT molecular complexity index is 218. The largest absolute Gasteiger partial charge is 0.396 e. The molecule has 1 atom stereocenters. The van der Waals surface area contributed by atoms with Gasteiger partial charge in [-0.3, -0.25) is 0 Å². The highest BCUT2D eigenvalue weighted by atomic mass is 16.5. The smallest absolute Gasteiger partial charge is 0.0816 e. The summed E-state index contributed by atoms with van der Waals surface area (Å²) in [6.45, 7) is 11.7. The Morgan fingerprint density at radius 1 is 1.27 bits per heavy atom. The van der Waals surface area contributed by atoms with E-state index in [-0.39, 0.29) is 23.3 Å². The Labute approximate surface area is 93.2 Å². The lowest BCUT2D eigenvalue weighted by atomic mass is 9.76. The third-order valence-corrected chi connectivity index (χ3v) is 3.47. The minimum Gasteiger partial charge on any atom is -0.396 e. The van der Waals surface area contributed by atoms with Crippen LogP contribution >= 0.6 is 0 Å². The maximum atomic E-state index is 9.23. The molecule has 15 heavy (non-hydrogen) atoms. The topological polar surface area (TPSA) is 41.5 Å². The van der Waals surface area contributed by atoms with Crippen LogP contribution in [0.3, 0.4) is 0 Å². The van der Waals surface area contributed by atoms with Crippen molar-refractivity contribution < 1.29 is 9.84 Å². The van der Waals surface area contributed by atoms with Crippen molar-refractivity contribution in [1.82, 2.24) is 5.32 Å². The van der Waals surface area contributed by atoms with E-state index in [4.69, 9.17) is 4.74 Å². The van der Waals surface area contributed by atoms with Crippen LogP contribution in [0.15, 0.2) is 0 Å². The van der Waals surface area contributed by atoms with E-state index in [1.54, 1.807) is 0 Å². The fourth-order valence-electron chi connectivity index (χ4n) is 3.05. The number of rotatable bonds is 4. The Balaban J connectivity index is 2.95. The molecule has 2 N–H and O–H groups in total. The molecule has 90 valence electrons. The molecule has 1 heterocycles. The molecule has 0 amide bonds. The highest BCUT2D eigenvalue weighted by Crippen LogP contribution is 2.46. The molecule has 0 bridgehead atoms. The highest BCUT2D eigenvalue weighted by molar-refractivity contribution is 5.11. The van der Waals surface area contributed by atoms with E-state index in [1.807, 2.05) is 0 Å². The molecule has 1 rings (SSSR count). The number of aliphatic hydroxyl groups is 1. The fraction of sp³-hybridized carbons (Fsp3) is 1.00. The van der Waals surface area contributed by atoms with Crippen molar-refractivity contribution in [1.29, 1.82) is 0 Å². The zero-order chi connectivity index (χ0) is 11.7. The monoisotopic (exact) mass is 215 g/mol. The Kier molecular flexibility index (Phi) is 3.49. The molecule has 0 saturated carbocycles. The van der Waals surface area contributed by atoms with Gasteiger partial charge >= 0.3 is 0 Å². The molecule has 1 aliphatic rings. The SMILES string of the molecule is CCNC1(CCO)CC(C)(C)OC1(C)C. The van der Waals surface area contributed by atoms with Gasteiger partial charge in [0.25, 0.3) is 0 Å². The van der Waals surface area contributed by atoms with Crippen molar-refractivity contribution >= 4 is 0 Å². The Morgan fingerprint density at radius 3 is 2.20 bits per heavy atom.